The van der Waals surface area contributed by atoms with Crippen molar-refractivity contribution in [3.8, 4) is 22.8 Å². The van der Waals surface area contributed by atoms with Gasteiger partial charge in [-0.25, -0.2) is 9.67 Å². The van der Waals surface area contributed by atoms with E-state index < -0.39 is 0 Å². The van der Waals surface area contributed by atoms with E-state index in [1.807, 2.05) is 46.4 Å². The lowest BCUT2D eigenvalue weighted by Gasteiger charge is -2.34. The topological polar surface area (TPSA) is 94.2 Å². The van der Waals surface area contributed by atoms with E-state index in [0.29, 0.717) is 11.6 Å². The van der Waals surface area contributed by atoms with Crippen LogP contribution in [0.15, 0.2) is 36.8 Å². The Hall–Kier alpha value is -4.31. The first-order chi connectivity index (χ1) is 20.4. The molecule has 1 amide bonds. The first-order valence-electron chi connectivity index (χ1n) is 14.7. The molecule has 1 saturated heterocycles. The van der Waals surface area contributed by atoms with Crippen LogP contribution >= 0.6 is 0 Å². The van der Waals surface area contributed by atoms with Crippen LogP contribution in [0.2, 0.25) is 0 Å². The number of rotatable bonds is 7. The Labute approximate surface area is 245 Å². The Balaban J connectivity index is 1.49. The third-order valence-corrected chi connectivity index (χ3v) is 8.53. The van der Waals surface area contributed by atoms with Gasteiger partial charge in [-0.05, 0) is 44.5 Å². The molecule has 0 atom stereocenters. The van der Waals surface area contributed by atoms with E-state index in [2.05, 4.69) is 36.7 Å². The standard InChI is InChI=1S/C32H38N8O2/c1-7-9-24-30-20(3)31(32(41)39-14-12-38(8-2)13-15-39)37(5)27(30)17-29(36-24)40-26-16-25(35-21(4)22(26)19-34-40)23-18-33-11-10-28(23)42-6/h10-11,16-19H,7-9,12-15H2,1-6H3. The average Bonchev–Trinajstić information content (AvgIpc) is 3.55. The van der Waals surface area contributed by atoms with Crippen molar-refractivity contribution in [1.82, 2.24) is 39.1 Å². The van der Waals surface area contributed by atoms with Crippen molar-refractivity contribution in [3.63, 3.8) is 0 Å². The molecule has 10 heteroatoms. The summed E-state index contributed by atoms with van der Waals surface area (Å²) >= 11 is 0. The number of hydrogen-bond donors (Lipinski definition) is 0. The molecule has 0 unspecified atom stereocenters. The van der Waals surface area contributed by atoms with Crippen molar-refractivity contribution in [3.05, 3.63) is 59.4 Å². The lowest BCUT2D eigenvalue weighted by molar-refractivity contribution is 0.0633. The number of methoxy groups -OCH3 is 1. The van der Waals surface area contributed by atoms with Crippen molar-refractivity contribution in [2.75, 3.05) is 39.8 Å². The van der Waals surface area contributed by atoms with E-state index in [1.54, 1.807) is 19.5 Å². The van der Waals surface area contributed by atoms with Gasteiger partial charge in [0.2, 0.25) is 0 Å². The molecule has 0 saturated carbocycles. The minimum Gasteiger partial charge on any atom is -0.496 e. The number of aromatic nitrogens is 6. The number of hydrogen-bond acceptors (Lipinski definition) is 7. The van der Waals surface area contributed by atoms with Crippen LogP contribution in [0.1, 0.15) is 47.7 Å². The zero-order valence-corrected chi connectivity index (χ0v) is 25.3. The maximum Gasteiger partial charge on any atom is 0.270 e. The van der Waals surface area contributed by atoms with Crippen LogP contribution in [0.3, 0.4) is 0 Å². The van der Waals surface area contributed by atoms with E-state index in [9.17, 15) is 4.79 Å². The Morgan fingerprint density at radius 1 is 1.02 bits per heavy atom. The maximum atomic E-state index is 13.9. The van der Waals surface area contributed by atoms with Crippen LogP contribution in [-0.2, 0) is 13.5 Å². The normalized spacial score (nSPS) is 14.3. The predicted molar refractivity (Wildman–Crippen MR) is 164 cm³/mol. The van der Waals surface area contributed by atoms with Gasteiger partial charge < -0.3 is 19.1 Å². The summed E-state index contributed by atoms with van der Waals surface area (Å²) in [7, 11) is 3.64. The molecular formula is C32H38N8O2. The largest absolute Gasteiger partial charge is 0.496 e. The fourth-order valence-corrected chi connectivity index (χ4v) is 6.23. The Bertz CT molecular complexity index is 1800. The molecule has 42 heavy (non-hydrogen) atoms. The molecule has 0 aliphatic carbocycles. The van der Waals surface area contributed by atoms with Crippen molar-refractivity contribution in [1.29, 1.82) is 0 Å². The Morgan fingerprint density at radius 3 is 2.52 bits per heavy atom. The number of likely N-dealkylation sites (N-methyl/N-ethyl adjacent to an activating group) is 1. The molecule has 6 rings (SSSR count). The minimum absolute atomic E-state index is 0.0900. The van der Waals surface area contributed by atoms with Gasteiger partial charge in [0.25, 0.3) is 5.91 Å². The molecule has 5 aromatic heterocycles. The van der Waals surface area contributed by atoms with Gasteiger partial charge in [-0.1, -0.05) is 20.3 Å². The van der Waals surface area contributed by atoms with Crippen LogP contribution in [0.4, 0.5) is 0 Å². The second-order valence-corrected chi connectivity index (χ2v) is 11.0. The number of pyridine rings is 3. The monoisotopic (exact) mass is 566 g/mol. The smallest absolute Gasteiger partial charge is 0.270 e. The molecule has 0 aromatic carbocycles. The number of ether oxygens (including phenoxy) is 1. The van der Waals surface area contributed by atoms with Gasteiger partial charge in [0.05, 0.1) is 41.3 Å². The maximum absolute atomic E-state index is 13.9. The second-order valence-electron chi connectivity index (χ2n) is 11.0. The molecule has 0 N–H and O–H groups in total. The van der Waals surface area contributed by atoms with E-state index >= 15 is 0 Å². The van der Waals surface area contributed by atoms with Gasteiger partial charge in [-0.15, -0.1) is 0 Å². The Morgan fingerprint density at radius 2 is 1.81 bits per heavy atom. The minimum atomic E-state index is 0.0900. The van der Waals surface area contributed by atoms with Crippen LogP contribution < -0.4 is 4.74 Å². The zero-order valence-electron chi connectivity index (χ0n) is 25.3. The first-order valence-corrected chi connectivity index (χ1v) is 14.7. The van der Waals surface area contributed by atoms with Crippen LogP contribution in [0.25, 0.3) is 38.9 Å². The molecule has 0 spiro atoms. The van der Waals surface area contributed by atoms with Crippen molar-refractivity contribution >= 4 is 27.7 Å². The summed E-state index contributed by atoms with van der Waals surface area (Å²) in [6.07, 6.45) is 7.06. The quantitative estimate of drug-likeness (QED) is 0.281. The number of piperazine rings is 1. The van der Waals surface area contributed by atoms with Crippen molar-refractivity contribution < 1.29 is 9.53 Å². The molecule has 218 valence electrons. The van der Waals surface area contributed by atoms with E-state index in [4.69, 9.17) is 19.8 Å². The number of aryl methyl sites for hydroxylation is 4. The number of carbonyl (C=O) groups is 1. The third-order valence-electron chi connectivity index (χ3n) is 8.53. The van der Waals surface area contributed by atoms with Gasteiger partial charge in [0.1, 0.15) is 11.4 Å². The van der Waals surface area contributed by atoms with E-state index in [-0.39, 0.29) is 5.91 Å². The highest BCUT2D eigenvalue weighted by atomic mass is 16.5. The first kappa shape index (κ1) is 27.8. The highest BCUT2D eigenvalue weighted by Gasteiger charge is 2.28. The van der Waals surface area contributed by atoms with Gasteiger partial charge >= 0.3 is 0 Å². The summed E-state index contributed by atoms with van der Waals surface area (Å²) < 4.78 is 9.52. The highest BCUT2D eigenvalue weighted by Crippen LogP contribution is 2.34. The molecule has 10 nitrogen and oxygen atoms in total. The van der Waals surface area contributed by atoms with Crippen molar-refractivity contribution in [2.45, 2.75) is 40.5 Å². The number of amides is 1. The molecule has 0 radical (unpaired) electrons. The molecular weight excluding hydrogens is 528 g/mol. The van der Waals surface area contributed by atoms with Gasteiger partial charge in [-0.3, -0.25) is 14.8 Å². The summed E-state index contributed by atoms with van der Waals surface area (Å²) in [5, 5.41) is 6.79. The lowest BCUT2D eigenvalue weighted by atomic mass is 10.1. The zero-order chi connectivity index (χ0) is 29.5. The lowest BCUT2D eigenvalue weighted by Crippen LogP contribution is -2.48. The van der Waals surface area contributed by atoms with Crippen LogP contribution in [0.5, 0.6) is 5.75 Å². The SMILES string of the molecule is CCCc1nc(-n2ncc3c(C)nc(-c4cnccc4OC)cc32)cc2c1c(C)c(C(=O)N1CCN(CC)CC1)n2C. The number of carbonyl (C=O) groups excluding carboxylic acids is 1. The summed E-state index contributed by atoms with van der Waals surface area (Å²) in [5.41, 5.74) is 7.03. The molecule has 5 aromatic rings. The van der Waals surface area contributed by atoms with Crippen molar-refractivity contribution in [2.24, 2.45) is 7.05 Å². The summed E-state index contributed by atoms with van der Waals surface area (Å²) in [5.74, 6) is 1.51. The van der Waals surface area contributed by atoms with Crippen LogP contribution in [0, 0.1) is 13.8 Å². The van der Waals surface area contributed by atoms with Gasteiger partial charge in [0.15, 0.2) is 5.82 Å². The van der Waals surface area contributed by atoms with Gasteiger partial charge in [-0.2, -0.15) is 5.10 Å². The molecule has 1 aliphatic rings. The van der Waals surface area contributed by atoms with Gasteiger partial charge in [0, 0.05) is 68.2 Å². The fraction of sp³-hybridized carbons (Fsp3) is 0.406. The highest BCUT2D eigenvalue weighted by molar-refractivity contribution is 6.02. The summed E-state index contributed by atoms with van der Waals surface area (Å²) in [6, 6.07) is 5.90. The Kier molecular flexibility index (Phi) is 7.40. The molecule has 1 aliphatic heterocycles. The molecule has 0 bridgehead atoms. The van der Waals surface area contributed by atoms with Crippen LogP contribution in [-0.4, -0.2) is 84.8 Å². The molecule has 6 heterocycles. The predicted octanol–water partition coefficient (Wildman–Crippen LogP) is 4.72. The average molecular weight is 567 g/mol. The summed E-state index contributed by atoms with van der Waals surface area (Å²) in [4.78, 5) is 32.5. The summed E-state index contributed by atoms with van der Waals surface area (Å²) in [6.45, 7) is 12.7. The number of fused-ring (bicyclic) bond motifs is 2. The third kappa shape index (κ3) is 4.59. The van der Waals surface area contributed by atoms with E-state index in [1.165, 1.54) is 0 Å². The fourth-order valence-electron chi connectivity index (χ4n) is 6.23. The second kappa shape index (κ2) is 11.2. The molecule has 1 fully saturated rings. The number of nitrogens with zero attached hydrogens (tertiary/aromatic N) is 8. The van der Waals surface area contributed by atoms with E-state index in [0.717, 1.165) is 101 Å².